The minimum atomic E-state index is -0.0947. The Labute approximate surface area is 124 Å². The molecule has 0 amide bonds. The van der Waals surface area contributed by atoms with Gasteiger partial charge in [-0.2, -0.15) is 5.10 Å². The SMILES string of the molecule is CC(C)CCN(Cc1nc2c(cnn2C)c(=O)[nH]1)C1CC1. The van der Waals surface area contributed by atoms with Gasteiger partial charge in [-0.25, -0.2) is 4.98 Å². The second-order valence-electron chi connectivity index (χ2n) is 6.40. The van der Waals surface area contributed by atoms with Crippen LogP contribution in [0.1, 0.15) is 38.9 Å². The highest BCUT2D eigenvalue weighted by molar-refractivity contribution is 5.72. The van der Waals surface area contributed by atoms with Crippen LogP contribution in [0.15, 0.2) is 11.0 Å². The highest BCUT2D eigenvalue weighted by atomic mass is 16.1. The number of nitrogens with one attached hydrogen (secondary N) is 1. The molecule has 0 bridgehead atoms. The third-order valence-electron chi connectivity index (χ3n) is 4.06. The van der Waals surface area contributed by atoms with E-state index in [1.807, 2.05) is 7.05 Å². The molecule has 1 aliphatic carbocycles. The highest BCUT2D eigenvalue weighted by Crippen LogP contribution is 2.28. The third kappa shape index (κ3) is 3.15. The van der Waals surface area contributed by atoms with E-state index in [2.05, 4.69) is 33.8 Å². The quantitative estimate of drug-likeness (QED) is 0.878. The number of fused-ring (bicyclic) bond motifs is 1. The van der Waals surface area contributed by atoms with Crippen LogP contribution in [-0.4, -0.2) is 37.2 Å². The van der Waals surface area contributed by atoms with Crippen molar-refractivity contribution in [1.82, 2.24) is 24.6 Å². The van der Waals surface area contributed by atoms with Crippen LogP contribution in [0.2, 0.25) is 0 Å². The van der Waals surface area contributed by atoms with Gasteiger partial charge >= 0.3 is 0 Å². The summed E-state index contributed by atoms with van der Waals surface area (Å²) in [7, 11) is 1.82. The Kier molecular flexibility index (Phi) is 3.80. The van der Waals surface area contributed by atoms with Crippen molar-refractivity contribution in [3.05, 3.63) is 22.4 Å². The van der Waals surface area contributed by atoms with Gasteiger partial charge in [-0.15, -0.1) is 0 Å². The molecule has 0 aromatic carbocycles. The summed E-state index contributed by atoms with van der Waals surface area (Å²) in [5.41, 5.74) is 0.566. The Morgan fingerprint density at radius 3 is 2.90 bits per heavy atom. The zero-order valence-electron chi connectivity index (χ0n) is 13.0. The Balaban J connectivity index is 1.82. The van der Waals surface area contributed by atoms with E-state index < -0.39 is 0 Å². The smallest absolute Gasteiger partial charge is 0.262 e. The molecule has 21 heavy (non-hydrogen) atoms. The van der Waals surface area contributed by atoms with Crippen LogP contribution in [-0.2, 0) is 13.6 Å². The summed E-state index contributed by atoms with van der Waals surface area (Å²) >= 11 is 0. The van der Waals surface area contributed by atoms with Crippen molar-refractivity contribution < 1.29 is 0 Å². The summed E-state index contributed by atoms with van der Waals surface area (Å²) in [5, 5.41) is 4.66. The molecule has 1 N–H and O–H groups in total. The second kappa shape index (κ2) is 5.60. The van der Waals surface area contributed by atoms with Crippen LogP contribution in [0.5, 0.6) is 0 Å². The molecule has 2 aromatic rings. The first-order valence-corrected chi connectivity index (χ1v) is 7.69. The van der Waals surface area contributed by atoms with Gasteiger partial charge in [0.25, 0.3) is 5.56 Å². The molecule has 2 heterocycles. The first kappa shape index (κ1) is 14.3. The summed E-state index contributed by atoms with van der Waals surface area (Å²) in [5.74, 6) is 1.43. The maximum Gasteiger partial charge on any atom is 0.262 e. The van der Waals surface area contributed by atoms with Gasteiger partial charge in [0.05, 0.1) is 12.7 Å². The van der Waals surface area contributed by atoms with Crippen molar-refractivity contribution in [3.63, 3.8) is 0 Å². The summed E-state index contributed by atoms with van der Waals surface area (Å²) in [4.78, 5) is 22.0. The number of hydrogen-bond donors (Lipinski definition) is 1. The number of aromatic nitrogens is 4. The molecule has 6 heteroatoms. The molecule has 1 saturated carbocycles. The third-order valence-corrected chi connectivity index (χ3v) is 4.06. The topological polar surface area (TPSA) is 66.8 Å². The van der Waals surface area contributed by atoms with E-state index in [4.69, 9.17) is 0 Å². The largest absolute Gasteiger partial charge is 0.309 e. The molecule has 3 rings (SSSR count). The molecular weight excluding hydrogens is 266 g/mol. The van der Waals surface area contributed by atoms with Crippen LogP contribution in [0.25, 0.3) is 11.0 Å². The monoisotopic (exact) mass is 289 g/mol. The van der Waals surface area contributed by atoms with E-state index in [9.17, 15) is 4.79 Å². The van der Waals surface area contributed by atoms with E-state index in [1.54, 1.807) is 10.9 Å². The maximum atomic E-state index is 12.1. The minimum Gasteiger partial charge on any atom is -0.309 e. The first-order chi connectivity index (χ1) is 10.0. The zero-order valence-corrected chi connectivity index (χ0v) is 13.0. The lowest BCUT2D eigenvalue weighted by atomic mass is 10.1. The molecule has 114 valence electrons. The molecule has 0 atom stereocenters. The molecule has 0 radical (unpaired) electrons. The Hall–Kier alpha value is -1.69. The van der Waals surface area contributed by atoms with E-state index in [-0.39, 0.29) is 5.56 Å². The lowest BCUT2D eigenvalue weighted by Gasteiger charge is -2.22. The van der Waals surface area contributed by atoms with Gasteiger partial charge in [0.15, 0.2) is 5.65 Å². The fourth-order valence-corrected chi connectivity index (χ4v) is 2.60. The molecule has 2 aromatic heterocycles. The first-order valence-electron chi connectivity index (χ1n) is 7.69. The van der Waals surface area contributed by atoms with Gasteiger partial charge in [0, 0.05) is 13.1 Å². The second-order valence-corrected chi connectivity index (χ2v) is 6.40. The number of H-pyrrole nitrogens is 1. The minimum absolute atomic E-state index is 0.0947. The van der Waals surface area contributed by atoms with Crippen molar-refractivity contribution in [1.29, 1.82) is 0 Å². The van der Waals surface area contributed by atoms with Gasteiger partial charge in [0.1, 0.15) is 11.2 Å². The molecule has 0 spiro atoms. The van der Waals surface area contributed by atoms with Gasteiger partial charge < -0.3 is 4.98 Å². The number of hydrogen-bond acceptors (Lipinski definition) is 4. The Bertz CT molecular complexity index is 683. The standard InChI is InChI=1S/C15H23N5O/c1-10(2)6-7-20(11-4-5-11)9-13-17-14-12(15(21)18-13)8-16-19(14)3/h8,10-11H,4-7,9H2,1-3H3,(H,17,18,21). The highest BCUT2D eigenvalue weighted by Gasteiger charge is 2.29. The van der Waals surface area contributed by atoms with E-state index in [1.165, 1.54) is 19.3 Å². The molecule has 6 nitrogen and oxygen atoms in total. The zero-order chi connectivity index (χ0) is 15.0. The van der Waals surface area contributed by atoms with Gasteiger partial charge in [0.2, 0.25) is 0 Å². The molecule has 0 unspecified atom stereocenters. The fraction of sp³-hybridized carbons (Fsp3) is 0.667. The van der Waals surface area contributed by atoms with Gasteiger partial charge in [-0.05, 0) is 31.7 Å². The molecule has 1 fully saturated rings. The summed E-state index contributed by atoms with van der Waals surface area (Å²) in [6.45, 7) is 6.27. The predicted octanol–water partition coefficient (Wildman–Crippen LogP) is 1.67. The molecule has 1 aliphatic rings. The van der Waals surface area contributed by atoms with Crippen LogP contribution in [0, 0.1) is 5.92 Å². The van der Waals surface area contributed by atoms with Crippen molar-refractivity contribution in [2.75, 3.05) is 6.54 Å². The molecule has 0 aliphatic heterocycles. The van der Waals surface area contributed by atoms with Crippen molar-refractivity contribution in [2.24, 2.45) is 13.0 Å². The number of aromatic amines is 1. The van der Waals surface area contributed by atoms with E-state index in [0.717, 1.165) is 12.4 Å². The van der Waals surface area contributed by atoms with E-state index in [0.29, 0.717) is 29.5 Å². The molecule has 0 saturated heterocycles. The maximum absolute atomic E-state index is 12.1. The van der Waals surface area contributed by atoms with Crippen LogP contribution in [0.4, 0.5) is 0 Å². The normalized spacial score (nSPS) is 15.5. The summed E-state index contributed by atoms with van der Waals surface area (Å²) in [6, 6.07) is 0.663. The summed E-state index contributed by atoms with van der Waals surface area (Å²) < 4.78 is 1.66. The van der Waals surface area contributed by atoms with Crippen molar-refractivity contribution in [3.8, 4) is 0 Å². The Morgan fingerprint density at radius 1 is 1.48 bits per heavy atom. The van der Waals surface area contributed by atoms with Crippen molar-refractivity contribution in [2.45, 2.75) is 45.7 Å². The van der Waals surface area contributed by atoms with Crippen LogP contribution < -0.4 is 5.56 Å². The molecular formula is C15H23N5O. The Morgan fingerprint density at radius 2 is 2.24 bits per heavy atom. The van der Waals surface area contributed by atoms with E-state index >= 15 is 0 Å². The predicted molar refractivity (Wildman–Crippen MR) is 82.0 cm³/mol. The van der Waals surface area contributed by atoms with Crippen molar-refractivity contribution >= 4 is 11.0 Å². The number of aryl methyl sites for hydroxylation is 1. The fourth-order valence-electron chi connectivity index (χ4n) is 2.60. The van der Waals surface area contributed by atoms with Gasteiger partial charge in [-0.1, -0.05) is 13.8 Å². The lowest BCUT2D eigenvalue weighted by molar-refractivity contribution is 0.234. The van der Waals surface area contributed by atoms with Crippen LogP contribution >= 0.6 is 0 Å². The number of nitrogens with zero attached hydrogens (tertiary/aromatic N) is 4. The van der Waals surface area contributed by atoms with Gasteiger partial charge in [-0.3, -0.25) is 14.4 Å². The van der Waals surface area contributed by atoms with Crippen LogP contribution in [0.3, 0.4) is 0 Å². The average Bonchev–Trinajstić information content (AvgIpc) is 3.20. The lowest BCUT2D eigenvalue weighted by Crippen LogP contribution is -2.29. The summed E-state index contributed by atoms with van der Waals surface area (Å²) in [6.07, 6.45) is 5.27. The number of rotatable bonds is 6. The average molecular weight is 289 g/mol.